The highest BCUT2D eigenvalue weighted by atomic mass is 28.3. The minimum absolute atomic E-state index is 0.901. The van der Waals surface area contributed by atoms with Crippen molar-refractivity contribution in [3.63, 3.8) is 0 Å². The van der Waals surface area contributed by atoms with Crippen LogP contribution in [0.4, 0.5) is 0 Å². The fourth-order valence-electron chi connectivity index (χ4n) is 0. The van der Waals surface area contributed by atoms with Crippen molar-refractivity contribution in [1.82, 2.24) is 4.57 Å². The third-order valence-electron chi connectivity index (χ3n) is 1.34. The van der Waals surface area contributed by atoms with Crippen molar-refractivity contribution in [2.45, 2.75) is 19.6 Å². The molecule has 0 bridgehead atoms. The Labute approximate surface area is 60.5 Å². The predicted octanol–water partition coefficient (Wildman–Crippen LogP) is 2.19. The van der Waals surface area contributed by atoms with E-state index in [1.807, 2.05) is 0 Å². The molecular weight excluding hydrogens is 126 g/mol. The van der Waals surface area contributed by atoms with Gasteiger partial charge in [-0.3, -0.25) is 0 Å². The molecule has 0 atom stereocenters. The van der Waals surface area contributed by atoms with Crippen LogP contribution in [0.25, 0.3) is 0 Å². The molecule has 1 nitrogen and oxygen atoms in total. The lowest BCUT2D eigenvalue weighted by Crippen LogP contribution is -2.39. The molecule has 9 heavy (non-hydrogen) atoms. The van der Waals surface area contributed by atoms with Crippen LogP contribution in [0.2, 0.25) is 19.6 Å². The SMILES string of the molecule is C=C.CN(C)[Si](C)(C)C. The van der Waals surface area contributed by atoms with E-state index in [0.29, 0.717) is 0 Å². The third kappa shape index (κ3) is 7.92. The fraction of sp³-hybridized carbons (Fsp3) is 0.714. The summed E-state index contributed by atoms with van der Waals surface area (Å²) in [5.41, 5.74) is 0. The van der Waals surface area contributed by atoms with Crippen molar-refractivity contribution >= 4 is 8.24 Å². The maximum Gasteiger partial charge on any atom is 0.118 e. The van der Waals surface area contributed by atoms with E-state index in [2.05, 4.69) is 51.5 Å². The largest absolute Gasteiger partial charge is 0.329 e. The summed E-state index contributed by atoms with van der Waals surface area (Å²) < 4.78 is 2.33. The van der Waals surface area contributed by atoms with Gasteiger partial charge >= 0.3 is 0 Å². The van der Waals surface area contributed by atoms with Crippen LogP contribution in [0.1, 0.15) is 0 Å². The van der Waals surface area contributed by atoms with E-state index in [1.54, 1.807) is 0 Å². The van der Waals surface area contributed by atoms with Gasteiger partial charge in [-0.15, -0.1) is 13.2 Å². The lowest BCUT2D eigenvalue weighted by atomic mass is 11.3. The summed E-state index contributed by atoms with van der Waals surface area (Å²) in [4.78, 5) is 0. The second-order valence-corrected chi connectivity index (χ2v) is 8.30. The Bertz CT molecular complexity index is 63.8. The van der Waals surface area contributed by atoms with E-state index in [0.717, 1.165) is 0 Å². The van der Waals surface area contributed by atoms with Gasteiger partial charge in [0.25, 0.3) is 0 Å². The van der Waals surface area contributed by atoms with Crippen LogP contribution in [0, 0.1) is 0 Å². The number of nitrogens with zero attached hydrogens (tertiary/aromatic N) is 1. The van der Waals surface area contributed by atoms with Gasteiger partial charge in [0, 0.05) is 0 Å². The molecule has 0 rings (SSSR count). The molecule has 2 heteroatoms. The van der Waals surface area contributed by atoms with E-state index in [4.69, 9.17) is 0 Å². The Hall–Kier alpha value is -0.0831. The van der Waals surface area contributed by atoms with Gasteiger partial charge in [-0.2, -0.15) is 0 Å². The van der Waals surface area contributed by atoms with Crippen LogP contribution in [-0.4, -0.2) is 26.9 Å². The van der Waals surface area contributed by atoms with E-state index >= 15 is 0 Å². The summed E-state index contributed by atoms with van der Waals surface area (Å²) >= 11 is 0. The minimum Gasteiger partial charge on any atom is -0.329 e. The van der Waals surface area contributed by atoms with Crippen LogP contribution in [0.5, 0.6) is 0 Å². The molecule has 0 aromatic carbocycles. The first-order chi connectivity index (χ1) is 3.94. The fourth-order valence-corrected chi connectivity index (χ4v) is 0. The number of rotatable bonds is 1. The van der Waals surface area contributed by atoms with Gasteiger partial charge in [-0.1, -0.05) is 19.6 Å². The van der Waals surface area contributed by atoms with Gasteiger partial charge in [0.2, 0.25) is 0 Å². The van der Waals surface area contributed by atoms with Gasteiger partial charge < -0.3 is 4.57 Å². The van der Waals surface area contributed by atoms with Crippen LogP contribution in [0.3, 0.4) is 0 Å². The van der Waals surface area contributed by atoms with Gasteiger partial charge in [0.05, 0.1) is 0 Å². The van der Waals surface area contributed by atoms with Crippen molar-refractivity contribution in [1.29, 1.82) is 0 Å². The van der Waals surface area contributed by atoms with Crippen molar-refractivity contribution in [3.8, 4) is 0 Å². The third-order valence-corrected chi connectivity index (χ3v) is 4.02. The Balaban J connectivity index is 0. The lowest BCUT2D eigenvalue weighted by molar-refractivity contribution is 0.627. The molecule has 0 aliphatic rings. The molecule has 56 valence electrons. The molecule has 0 spiro atoms. The van der Waals surface area contributed by atoms with Crippen LogP contribution >= 0.6 is 0 Å². The smallest absolute Gasteiger partial charge is 0.118 e. The minimum atomic E-state index is -0.901. The first-order valence-corrected chi connectivity index (χ1v) is 6.57. The summed E-state index contributed by atoms with van der Waals surface area (Å²) in [6, 6.07) is 0. The molecule has 0 aromatic heterocycles. The Kier molecular flexibility index (Phi) is 6.18. The molecule has 0 saturated heterocycles. The van der Waals surface area contributed by atoms with Gasteiger partial charge in [0.15, 0.2) is 0 Å². The maximum absolute atomic E-state index is 3.00. The van der Waals surface area contributed by atoms with Gasteiger partial charge in [-0.05, 0) is 14.1 Å². The van der Waals surface area contributed by atoms with Gasteiger partial charge in [-0.25, -0.2) is 0 Å². The highest BCUT2D eigenvalue weighted by Crippen LogP contribution is 2.01. The summed E-state index contributed by atoms with van der Waals surface area (Å²) in [5, 5.41) is 0. The normalized spacial score (nSPS) is 10.4. The molecule has 0 aliphatic carbocycles. The van der Waals surface area contributed by atoms with Crippen LogP contribution < -0.4 is 0 Å². The van der Waals surface area contributed by atoms with Crippen molar-refractivity contribution in [2.24, 2.45) is 0 Å². The second-order valence-electron chi connectivity index (χ2n) is 3.07. The van der Waals surface area contributed by atoms with E-state index in [-0.39, 0.29) is 0 Å². The predicted molar refractivity (Wildman–Crippen MR) is 48.3 cm³/mol. The molecule has 0 radical (unpaired) electrons. The average molecular weight is 145 g/mol. The summed E-state index contributed by atoms with van der Waals surface area (Å²) in [6.07, 6.45) is 0. The molecule has 0 saturated carbocycles. The maximum atomic E-state index is 3.00. The number of hydrogen-bond donors (Lipinski definition) is 0. The number of hydrogen-bond acceptors (Lipinski definition) is 1. The summed E-state index contributed by atoms with van der Waals surface area (Å²) in [7, 11) is 3.39. The van der Waals surface area contributed by atoms with Crippen molar-refractivity contribution in [2.75, 3.05) is 14.1 Å². The summed E-state index contributed by atoms with van der Waals surface area (Å²) in [5.74, 6) is 0. The quantitative estimate of drug-likeness (QED) is 0.404. The van der Waals surface area contributed by atoms with Crippen molar-refractivity contribution in [3.05, 3.63) is 13.2 Å². The zero-order chi connectivity index (χ0) is 8.08. The van der Waals surface area contributed by atoms with Crippen molar-refractivity contribution < 1.29 is 0 Å². The molecule has 0 aliphatic heterocycles. The Morgan fingerprint density at radius 1 is 1.00 bits per heavy atom. The average Bonchev–Trinajstić information content (AvgIpc) is 1.69. The molecule has 0 fully saturated rings. The molecule has 0 aromatic rings. The molecular formula is C7H19NSi. The second kappa shape index (κ2) is 4.76. The first-order valence-electron chi connectivity index (χ1n) is 3.12. The molecule has 0 amide bonds. The molecule has 0 N–H and O–H groups in total. The highest BCUT2D eigenvalue weighted by molar-refractivity contribution is 6.73. The van der Waals surface area contributed by atoms with Gasteiger partial charge in [0.1, 0.15) is 8.24 Å². The van der Waals surface area contributed by atoms with E-state index < -0.39 is 8.24 Å². The molecule has 0 heterocycles. The monoisotopic (exact) mass is 145 g/mol. The zero-order valence-electron chi connectivity index (χ0n) is 7.36. The lowest BCUT2D eigenvalue weighted by Gasteiger charge is -2.24. The standard InChI is InChI=1S/C5H15NSi.C2H4/c1-6(2)7(3,4)5;1-2/h1-5H3;1-2H2. The summed E-state index contributed by atoms with van der Waals surface area (Å²) in [6.45, 7) is 13.0. The van der Waals surface area contributed by atoms with E-state index in [1.165, 1.54) is 0 Å². The topological polar surface area (TPSA) is 3.24 Å². The van der Waals surface area contributed by atoms with E-state index in [9.17, 15) is 0 Å². The zero-order valence-corrected chi connectivity index (χ0v) is 8.36. The van der Waals surface area contributed by atoms with Crippen LogP contribution in [-0.2, 0) is 0 Å². The first kappa shape index (κ1) is 11.7. The Morgan fingerprint density at radius 3 is 1.11 bits per heavy atom. The highest BCUT2D eigenvalue weighted by Gasteiger charge is 2.14. The van der Waals surface area contributed by atoms with Crippen LogP contribution in [0.15, 0.2) is 13.2 Å². The Morgan fingerprint density at radius 2 is 1.11 bits per heavy atom. The molecule has 0 unspecified atom stereocenters.